The highest BCUT2D eigenvalue weighted by Crippen LogP contribution is 2.37. The molecule has 7 heteroatoms. The normalized spacial score (nSPS) is 13.7. The molecule has 0 saturated heterocycles. The molecule has 0 radical (unpaired) electrons. The van der Waals surface area contributed by atoms with E-state index in [4.69, 9.17) is 0 Å². The lowest BCUT2D eigenvalue weighted by Crippen LogP contribution is -2.21. The molecule has 1 aliphatic carbocycles. The van der Waals surface area contributed by atoms with Crippen LogP contribution in [-0.4, -0.2) is 19.8 Å². The maximum Gasteiger partial charge on any atom is 0.251 e. The van der Waals surface area contributed by atoms with Gasteiger partial charge in [-0.05, 0) is 229 Å². The van der Waals surface area contributed by atoms with E-state index in [9.17, 15) is 4.79 Å². The van der Waals surface area contributed by atoms with E-state index in [-0.39, 0.29) is 11.6 Å². The minimum absolute atomic E-state index is 0.0983. The van der Waals surface area contributed by atoms with Crippen molar-refractivity contribution in [2.24, 2.45) is 58.3 Å². The first-order valence-corrected chi connectivity index (χ1v) is 46.7. The fourth-order valence-corrected chi connectivity index (χ4v) is 13.9. The summed E-state index contributed by atoms with van der Waals surface area (Å²) >= 11 is 3.79. The quantitative estimate of drug-likeness (QED) is 0.0853. The Balaban J connectivity index is 0.00000126. The number of aliphatic imine (C=N–C) groups is 1. The van der Waals surface area contributed by atoms with Gasteiger partial charge in [-0.1, -0.05) is 322 Å². The van der Waals surface area contributed by atoms with Crippen LogP contribution in [0.3, 0.4) is 0 Å². The molecule has 1 fully saturated rings. The summed E-state index contributed by atoms with van der Waals surface area (Å²) < 4.78 is 3.99. The van der Waals surface area contributed by atoms with E-state index in [1.165, 1.54) is 90.0 Å². The lowest BCUT2D eigenvalue weighted by atomic mass is 9.73. The van der Waals surface area contributed by atoms with Crippen LogP contribution in [0.1, 0.15) is 450 Å². The number of pyridine rings is 1. The first-order chi connectivity index (χ1) is 53.5. The Hall–Kier alpha value is -6.25. The molecule has 9 rings (SSSR count). The largest absolute Gasteiger partial charge is 0.352 e. The number of benzene rings is 3. The Morgan fingerprint density at radius 1 is 0.357 bits per heavy atom. The number of thiophene rings is 1. The van der Waals surface area contributed by atoms with E-state index in [1.54, 1.807) is 10.6 Å². The summed E-state index contributed by atoms with van der Waals surface area (Å²) in [6.45, 7) is 88.1. The molecule has 0 spiro atoms. The van der Waals surface area contributed by atoms with Crippen LogP contribution >= 0.6 is 22.7 Å². The van der Waals surface area contributed by atoms with Crippen molar-refractivity contribution in [3.63, 3.8) is 0 Å². The summed E-state index contributed by atoms with van der Waals surface area (Å²) in [5.74, 6) is 26.0. The lowest BCUT2D eigenvalue weighted by molar-refractivity contribution is 0.189. The van der Waals surface area contributed by atoms with Crippen molar-refractivity contribution in [3.05, 3.63) is 214 Å². The Morgan fingerprint density at radius 2 is 0.739 bits per heavy atom. The van der Waals surface area contributed by atoms with Gasteiger partial charge in [0.15, 0.2) is 0 Å². The van der Waals surface area contributed by atoms with Gasteiger partial charge in [-0.15, -0.1) is 34.5 Å². The predicted molar refractivity (Wildman–Crippen MR) is 521 cm³/mol. The van der Waals surface area contributed by atoms with Crippen molar-refractivity contribution in [1.82, 2.24) is 14.1 Å². The van der Waals surface area contributed by atoms with Crippen LogP contribution in [0.5, 0.6) is 0 Å². The third kappa shape index (κ3) is 46.6. The van der Waals surface area contributed by atoms with E-state index in [1.807, 2.05) is 61.2 Å². The van der Waals surface area contributed by atoms with Crippen LogP contribution < -0.4 is 5.56 Å². The highest BCUT2D eigenvalue weighted by molar-refractivity contribution is 7.12. The zero-order valence-electron chi connectivity index (χ0n) is 81.5. The molecule has 0 unspecified atom stereocenters. The zero-order chi connectivity index (χ0) is 88.3. The maximum atomic E-state index is 11.5. The van der Waals surface area contributed by atoms with Gasteiger partial charge >= 0.3 is 0 Å². The Bertz CT molecular complexity index is 3620. The smallest absolute Gasteiger partial charge is 0.251 e. The molecule has 3 aromatic carbocycles. The average molecular weight is 1610 g/mol. The summed E-state index contributed by atoms with van der Waals surface area (Å²) in [5, 5.41) is 1.26. The van der Waals surface area contributed by atoms with E-state index in [0.29, 0.717) is 101 Å². The monoisotopic (exact) mass is 1610 g/mol. The second-order valence-corrected chi connectivity index (χ2v) is 40.5. The molecular weight excluding hydrogens is 1430 g/mol. The first-order valence-electron chi connectivity index (χ1n) is 45.0. The van der Waals surface area contributed by atoms with Crippen molar-refractivity contribution in [2.75, 3.05) is 0 Å². The van der Waals surface area contributed by atoms with E-state index in [2.05, 4.69) is 405 Å². The van der Waals surface area contributed by atoms with E-state index in [0.717, 1.165) is 41.2 Å². The third-order valence-corrected chi connectivity index (χ3v) is 24.0. The van der Waals surface area contributed by atoms with Gasteiger partial charge in [-0.25, -0.2) is 4.98 Å². The highest BCUT2D eigenvalue weighted by Gasteiger charge is 2.25. The molecule has 7 aromatic rings. The minimum atomic E-state index is 0.0983. The van der Waals surface area contributed by atoms with Gasteiger partial charge in [0.05, 0.1) is 5.01 Å². The number of rotatable bonds is 17. The van der Waals surface area contributed by atoms with Crippen molar-refractivity contribution in [1.29, 1.82) is 0 Å². The topological polar surface area (TPSA) is 52.2 Å². The van der Waals surface area contributed by atoms with Gasteiger partial charge in [0, 0.05) is 105 Å². The molecule has 1 saturated carbocycles. The first kappa shape index (κ1) is 109. The number of allylic oxidation sites excluding steroid dienone is 1. The fourth-order valence-electron chi connectivity index (χ4n) is 11.9. The van der Waals surface area contributed by atoms with Crippen LogP contribution in [0.25, 0.3) is 0 Å². The summed E-state index contributed by atoms with van der Waals surface area (Å²) in [5.41, 5.74) is 13.7. The number of hydrogen-bond acceptors (Lipinski definition) is 5. The van der Waals surface area contributed by atoms with Gasteiger partial charge in [0.1, 0.15) is 0 Å². The van der Waals surface area contributed by atoms with Crippen molar-refractivity contribution in [2.45, 2.75) is 386 Å². The van der Waals surface area contributed by atoms with Gasteiger partial charge in [-0.3, -0.25) is 9.79 Å². The number of nitrogens with zero attached hydrogens (tertiary/aromatic N) is 4. The molecule has 5 heterocycles. The van der Waals surface area contributed by atoms with Crippen LogP contribution in [0.4, 0.5) is 0 Å². The Kier molecular flexibility index (Phi) is 54.7. The summed E-state index contributed by atoms with van der Waals surface area (Å²) in [6, 6.07) is 37.6. The molecular formula is C108H174N4OS2. The Morgan fingerprint density at radius 3 is 1.00 bits per heavy atom. The van der Waals surface area contributed by atoms with Crippen LogP contribution in [0.15, 0.2) is 149 Å². The molecule has 644 valence electrons. The molecule has 0 bridgehead atoms. The number of hydrogen-bond donors (Lipinski definition) is 0. The zero-order valence-corrected chi connectivity index (χ0v) is 83.1. The Labute approximate surface area is 720 Å². The third-order valence-electron chi connectivity index (χ3n) is 20.7. The molecule has 0 N–H and O–H groups in total. The number of thiazole rings is 1. The van der Waals surface area contributed by atoms with Crippen molar-refractivity contribution >= 4 is 28.4 Å². The van der Waals surface area contributed by atoms with Crippen molar-refractivity contribution in [3.8, 4) is 23.7 Å². The molecule has 4 aromatic heterocycles. The van der Waals surface area contributed by atoms with E-state index >= 15 is 0 Å². The standard InChI is InChI=1S/C14H18.C12H24.2C12H18.C11H17NO.2C10H17N.C10H16S.C9H15NS.C8H14/c1-11(2)5-6-13-7-9-14(10-8-13)12(3)4;2*1-9(2)11-5-7-12(8-6-11)10(3)4;1-9(2)11-6-5-7-12(8-11)10(3)4;1-8(2)10-5-6-12(9(3)4)11(13)7-10;1-7(2)9-5-10(8(3)4)11-6-9;1-8(2)10-5-6-11(7-10)9(3)4;1-7(2)9-5-6-10(11-9)8(3)4;1-6(2)8-5-10-9(11-8)7(3)4;1-7(2)5-6-8(3)4/h7-12H,1-4H3;9-12H,5-8H2,1-4H3;2*5-10H,1-4H3;5-9H,1-4H3;6-8H,5H2,1-4H3;5-9H,1-4H3;5-8H,1-4H3;5-7H,1-4H3;7-8H,1-4H3. The van der Waals surface area contributed by atoms with Crippen LogP contribution in [0, 0.1) is 76.9 Å². The second-order valence-electron chi connectivity index (χ2n) is 38.3. The lowest BCUT2D eigenvalue weighted by Gasteiger charge is -2.32. The van der Waals surface area contributed by atoms with Crippen molar-refractivity contribution < 1.29 is 0 Å². The molecule has 115 heavy (non-hydrogen) atoms. The van der Waals surface area contributed by atoms with Gasteiger partial charge in [0.25, 0.3) is 5.56 Å². The fraction of sp³-hybridized carbons (Fsp3) is 0.620. The molecule has 5 nitrogen and oxygen atoms in total. The predicted octanol–water partition coefficient (Wildman–Crippen LogP) is 34.2. The minimum Gasteiger partial charge on any atom is -0.352 e. The van der Waals surface area contributed by atoms with Gasteiger partial charge < -0.3 is 9.13 Å². The average Bonchev–Trinajstić information content (AvgIpc) is 1.85. The second kappa shape index (κ2) is 57.8. The number of aromatic nitrogens is 3. The summed E-state index contributed by atoms with van der Waals surface area (Å²) in [6.07, 6.45) is 17.4. The van der Waals surface area contributed by atoms with E-state index < -0.39 is 0 Å². The SMILES string of the molecule is CC(C)C#CC(C)C.CC(C)C#Cc1ccc(C(C)C)cc1.CC(C)C1=CN=C(C(C)C)C1.CC(C)C1CCC(C(C)C)CC1.CC(C)c1ccc(C(C)C)cc1.CC(C)c1ccc(C(C)C)s1.CC(C)c1cccc(C(C)C)c1.CC(C)c1ccn(C(C)C)c(=O)c1.CC(C)c1ccn(C(C)C)c1.CC(C)c1cnc(C(C)C)s1. The van der Waals surface area contributed by atoms with Gasteiger partial charge in [0.2, 0.25) is 0 Å². The highest BCUT2D eigenvalue weighted by atomic mass is 32.1. The summed E-state index contributed by atoms with van der Waals surface area (Å²) in [7, 11) is 0. The van der Waals surface area contributed by atoms with Crippen LogP contribution in [-0.2, 0) is 0 Å². The maximum absolute atomic E-state index is 11.5. The van der Waals surface area contributed by atoms with Crippen LogP contribution in [0.2, 0.25) is 0 Å². The summed E-state index contributed by atoms with van der Waals surface area (Å²) in [4.78, 5) is 24.7. The van der Waals surface area contributed by atoms with Gasteiger partial charge in [-0.2, -0.15) is 0 Å². The molecule has 2 aliphatic rings. The molecule has 0 amide bonds. The molecule has 1 aliphatic heterocycles. The molecule has 0 atom stereocenters.